The lowest BCUT2D eigenvalue weighted by molar-refractivity contribution is 0.0234. The number of halogens is 1. The van der Waals surface area contributed by atoms with E-state index >= 15 is 0 Å². The number of amides is 1. The van der Waals surface area contributed by atoms with E-state index < -0.39 is 0 Å². The molecule has 0 fully saturated rings. The molecule has 0 aliphatic heterocycles. The Morgan fingerprint density at radius 3 is 2.31 bits per heavy atom. The van der Waals surface area contributed by atoms with Crippen LogP contribution in [0.2, 0.25) is 0 Å². The van der Waals surface area contributed by atoms with Gasteiger partial charge in [0.05, 0.1) is 12.2 Å². The molecule has 0 radical (unpaired) electrons. The van der Waals surface area contributed by atoms with Crippen molar-refractivity contribution in [3.8, 4) is 0 Å². The van der Waals surface area contributed by atoms with Crippen LogP contribution in [0.5, 0.6) is 0 Å². The van der Waals surface area contributed by atoms with Gasteiger partial charge in [0, 0.05) is 12.2 Å². The number of carbonyl (C=O) groups is 1. The predicted molar refractivity (Wildman–Crippen MR) is 98.9 cm³/mol. The minimum atomic E-state index is -0.330. The van der Waals surface area contributed by atoms with Gasteiger partial charge in [-0.1, -0.05) is 54.6 Å². The highest BCUT2D eigenvalue weighted by molar-refractivity contribution is 5.98. The highest BCUT2D eigenvalue weighted by atomic mass is 19.1. The molecule has 1 amide bonds. The van der Waals surface area contributed by atoms with Crippen LogP contribution in [-0.4, -0.2) is 5.91 Å². The Morgan fingerprint density at radius 2 is 1.54 bits per heavy atom. The third-order valence-corrected chi connectivity index (χ3v) is 3.81. The second-order valence-electron chi connectivity index (χ2n) is 5.73. The van der Waals surface area contributed by atoms with Crippen molar-refractivity contribution < 1.29 is 14.0 Å². The van der Waals surface area contributed by atoms with Crippen molar-refractivity contribution in [2.24, 2.45) is 0 Å². The fourth-order valence-electron chi connectivity index (χ4n) is 2.45. The van der Waals surface area contributed by atoms with Gasteiger partial charge in [-0.15, -0.1) is 0 Å². The Morgan fingerprint density at radius 1 is 0.846 bits per heavy atom. The molecule has 5 heteroatoms. The predicted octanol–water partition coefficient (Wildman–Crippen LogP) is 4.30. The van der Waals surface area contributed by atoms with Gasteiger partial charge in [0.25, 0.3) is 5.91 Å². The van der Waals surface area contributed by atoms with Gasteiger partial charge in [0.2, 0.25) is 0 Å². The Bertz CT molecular complexity index is 851. The molecule has 132 valence electrons. The van der Waals surface area contributed by atoms with Crippen LogP contribution in [0.25, 0.3) is 0 Å². The number of anilines is 1. The summed E-state index contributed by atoms with van der Waals surface area (Å²) in [5.41, 5.74) is 5.50. The molecule has 4 nitrogen and oxygen atoms in total. The molecule has 2 N–H and O–H groups in total. The number of carbonyl (C=O) groups excluding carboxylic acids is 1. The monoisotopic (exact) mass is 350 g/mol. The first kappa shape index (κ1) is 17.6. The number of hydroxylamine groups is 1. The van der Waals surface area contributed by atoms with Crippen molar-refractivity contribution >= 4 is 11.6 Å². The van der Waals surface area contributed by atoms with Crippen molar-refractivity contribution in [3.63, 3.8) is 0 Å². The van der Waals surface area contributed by atoms with Gasteiger partial charge in [0.15, 0.2) is 0 Å². The normalized spacial score (nSPS) is 10.3. The van der Waals surface area contributed by atoms with Gasteiger partial charge in [-0.3, -0.25) is 9.63 Å². The summed E-state index contributed by atoms with van der Waals surface area (Å²) in [4.78, 5) is 17.7. The molecule has 0 aromatic heterocycles. The van der Waals surface area contributed by atoms with Gasteiger partial charge in [-0.25, -0.2) is 9.87 Å². The number of benzene rings is 3. The van der Waals surface area contributed by atoms with E-state index in [2.05, 4.69) is 10.8 Å². The summed E-state index contributed by atoms with van der Waals surface area (Å²) >= 11 is 0. The first-order chi connectivity index (χ1) is 12.7. The molecule has 3 aromatic rings. The van der Waals surface area contributed by atoms with E-state index in [4.69, 9.17) is 4.84 Å². The maximum absolute atomic E-state index is 13.0. The highest BCUT2D eigenvalue weighted by Gasteiger charge is 2.11. The van der Waals surface area contributed by atoms with E-state index in [-0.39, 0.29) is 18.3 Å². The van der Waals surface area contributed by atoms with Crippen molar-refractivity contribution in [1.82, 2.24) is 5.48 Å². The molecule has 0 aliphatic rings. The van der Waals surface area contributed by atoms with E-state index in [1.807, 2.05) is 42.5 Å². The average Bonchev–Trinajstić information content (AvgIpc) is 2.68. The standard InChI is InChI=1S/C21H19FN2O2/c22-18-12-10-16(11-13-18)14-23-20-9-5-4-8-19(20)21(25)24-26-15-17-6-2-1-3-7-17/h1-13,23H,14-15H2,(H,24,25). The fraction of sp³-hybridized carbons (Fsp3) is 0.0952. The third kappa shape index (κ3) is 4.91. The van der Waals surface area contributed by atoms with Crippen molar-refractivity contribution in [1.29, 1.82) is 0 Å². The lowest BCUT2D eigenvalue weighted by Gasteiger charge is -2.12. The van der Waals surface area contributed by atoms with E-state index in [0.29, 0.717) is 17.8 Å². The molecule has 0 aliphatic carbocycles. The van der Waals surface area contributed by atoms with Gasteiger partial charge in [0.1, 0.15) is 5.82 Å². The van der Waals surface area contributed by atoms with Crippen molar-refractivity contribution in [2.45, 2.75) is 13.2 Å². The molecular weight excluding hydrogens is 331 g/mol. The van der Waals surface area contributed by atoms with E-state index in [9.17, 15) is 9.18 Å². The molecule has 0 heterocycles. The zero-order valence-corrected chi connectivity index (χ0v) is 14.1. The lowest BCUT2D eigenvalue weighted by atomic mass is 10.1. The first-order valence-electron chi connectivity index (χ1n) is 8.26. The molecule has 3 rings (SSSR count). The Labute approximate surface area is 151 Å². The molecule has 3 aromatic carbocycles. The maximum atomic E-state index is 13.0. The molecule has 0 saturated carbocycles. The summed E-state index contributed by atoms with van der Waals surface area (Å²) in [6.07, 6.45) is 0. The minimum Gasteiger partial charge on any atom is -0.380 e. The number of hydrogen-bond donors (Lipinski definition) is 2. The first-order valence-corrected chi connectivity index (χ1v) is 8.26. The largest absolute Gasteiger partial charge is 0.380 e. The minimum absolute atomic E-state index is 0.274. The number of hydrogen-bond acceptors (Lipinski definition) is 3. The van der Waals surface area contributed by atoms with Crippen LogP contribution in [-0.2, 0) is 18.0 Å². The third-order valence-electron chi connectivity index (χ3n) is 3.81. The zero-order valence-electron chi connectivity index (χ0n) is 14.1. The fourth-order valence-corrected chi connectivity index (χ4v) is 2.45. The summed E-state index contributed by atoms with van der Waals surface area (Å²) in [5.74, 6) is -0.604. The Hall–Kier alpha value is -3.18. The summed E-state index contributed by atoms with van der Waals surface area (Å²) in [5, 5.41) is 3.20. The number of nitrogens with one attached hydrogen (secondary N) is 2. The van der Waals surface area contributed by atoms with Crippen LogP contribution in [0.3, 0.4) is 0 Å². The second kappa shape index (κ2) is 8.78. The summed E-state index contributed by atoms with van der Waals surface area (Å²) in [6.45, 7) is 0.771. The smallest absolute Gasteiger partial charge is 0.276 e. The molecule has 0 spiro atoms. The molecule has 26 heavy (non-hydrogen) atoms. The number of rotatable bonds is 7. The van der Waals surface area contributed by atoms with Gasteiger partial charge in [-0.05, 0) is 35.4 Å². The Balaban J connectivity index is 1.58. The molecular formula is C21H19FN2O2. The van der Waals surface area contributed by atoms with Gasteiger partial charge < -0.3 is 5.32 Å². The second-order valence-corrected chi connectivity index (χ2v) is 5.73. The number of para-hydroxylation sites is 1. The van der Waals surface area contributed by atoms with Crippen LogP contribution >= 0.6 is 0 Å². The van der Waals surface area contributed by atoms with Crippen LogP contribution in [0.4, 0.5) is 10.1 Å². The zero-order chi connectivity index (χ0) is 18.2. The van der Waals surface area contributed by atoms with Crippen LogP contribution in [0.1, 0.15) is 21.5 Å². The SMILES string of the molecule is O=C(NOCc1ccccc1)c1ccccc1NCc1ccc(F)cc1. The molecule has 0 unspecified atom stereocenters. The Kier molecular flexibility index (Phi) is 5.96. The molecule has 0 saturated heterocycles. The van der Waals surface area contributed by atoms with E-state index in [1.165, 1.54) is 12.1 Å². The molecule has 0 atom stereocenters. The summed E-state index contributed by atoms with van der Waals surface area (Å²) in [7, 11) is 0. The van der Waals surface area contributed by atoms with Gasteiger partial charge >= 0.3 is 0 Å². The van der Waals surface area contributed by atoms with Gasteiger partial charge in [-0.2, -0.15) is 0 Å². The van der Waals surface area contributed by atoms with Crippen LogP contribution < -0.4 is 10.8 Å². The summed E-state index contributed by atoms with van der Waals surface area (Å²) < 4.78 is 13.0. The van der Waals surface area contributed by atoms with Crippen LogP contribution in [0.15, 0.2) is 78.9 Å². The van der Waals surface area contributed by atoms with Crippen LogP contribution in [0, 0.1) is 5.82 Å². The summed E-state index contributed by atoms with van der Waals surface area (Å²) in [6, 6.07) is 23.0. The van der Waals surface area contributed by atoms with E-state index in [1.54, 1.807) is 24.3 Å². The average molecular weight is 350 g/mol. The topological polar surface area (TPSA) is 50.4 Å². The quantitative estimate of drug-likeness (QED) is 0.625. The van der Waals surface area contributed by atoms with E-state index in [0.717, 1.165) is 11.1 Å². The molecule has 0 bridgehead atoms. The lowest BCUT2D eigenvalue weighted by Crippen LogP contribution is -2.24. The van der Waals surface area contributed by atoms with Crippen molar-refractivity contribution in [3.05, 3.63) is 101 Å². The highest BCUT2D eigenvalue weighted by Crippen LogP contribution is 2.16. The van der Waals surface area contributed by atoms with Crippen molar-refractivity contribution in [2.75, 3.05) is 5.32 Å². The maximum Gasteiger partial charge on any atom is 0.276 e.